The number of aliphatic hydroxyl groups excluding tert-OH is 2. The summed E-state index contributed by atoms with van der Waals surface area (Å²) in [7, 11) is -1.94. The normalized spacial score (nSPS) is 19.7. The van der Waals surface area contributed by atoms with Crippen molar-refractivity contribution in [1.82, 2.24) is 0 Å². The van der Waals surface area contributed by atoms with E-state index < -0.39 is 27.8 Å². The molecule has 1 aromatic carbocycles. The monoisotopic (exact) mass is 564 g/mol. The molecule has 1 heterocycles. The van der Waals surface area contributed by atoms with Crippen molar-refractivity contribution in [2.75, 3.05) is 19.5 Å². The molecule has 0 amide bonds. The van der Waals surface area contributed by atoms with Gasteiger partial charge >= 0.3 is 0 Å². The van der Waals surface area contributed by atoms with Crippen LogP contribution in [0.2, 0.25) is 0 Å². The van der Waals surface area contributed by atoms with E-state index in [0.717, 1.165) is 36.0 Å². The Kier molecular flexibility index (Phi) is 9.85. The molecule has 3 N–H and O–H groups in total. The predicted molar refractivity (Wildman–Crippen MR) is 132 cm³/mol. The van der Waals surface area contributed by atoms with E-state index >= 15 is 0 Å². The van der Waals surface area contributed by atoms with Crippen molar-refractivity contribution in [2.24, 2.45) is 0 Å². The molecule has 8 heteroatoms. The van der Waals surface area contributed by atoms with Crippen LogP contribution in [0.25, 0.3) is 6.08 Å². The molecule has 174 valence electrons. The third kappa shape index (κ3) is 6.46. The number of benzene rings is 1. The summed E-state index contributed by atoms with van der Waals surface area (Å²) in [5.74, 6) is 0.452. The highest BCUT2D eigenvalue weighted by Crippen LogP contribution is 2.36. The van der Waals surface area contributed by atoms with E-state index in [4.69, 9.17) is 4.74 Å². The number of hydrogen-bond donors (Lipinski definition) is 3. The van der Waals surface area contributed by atoms with Crippen LogP contribution in [0.3, 0.4) is 0 Å². The molecule has 2 rings (SSSR count). The van der Waals surface area contributed by atoms with E-state index in [1.165, 1.54) is 7.11 Å². The molecule has 0 saturated carbocycles. The number of halogens is 1. The van der Waals surface area contributed by atoms with Crippen molar-refractivity contribution in [3.05, 3.63) is 38.0 Å². The van der Waals surface area contributed by atoms with Gasteiger partial charge in [-0.3, -0.25) is 0 Å². The molecule has 1 aliphatic rings. The molecule has 1 aliphatic heterocycles. The number of methoxy groups -OCH3 is 1. The van der Waals surface area contributed by atoms with Gasteiger partial charge in [0.1, 0.15) is 5.25 Å². The second kappa shape index (κ2) is 11.7. The summed E-state index contributed by atoms with van der Waals surface area (Å²) in [4.78, 5) is 0. The Balaban J connectivity index is 2.25. The smallest absolute Gasteiger partial charge is 0.171 e. The van der Waals surface area contributed by atoms with Gasteiger partial charge in [0.05, 0.1) is 29.1 Å². The molecule has 2 atom stereocenters. The quantitative estimate of drug-likeness (QED) is 0.275. The number of phenolic OH excluding ortho intramolecular Hbond substituents is 1. The van der Waals surface area contributed by atoms with E-state index in [9.17, 15) is 23.7 Å². The molecular formula is C23H33IO6S. The summed E-state index contributed by atoms with van der Waals surface area (Å²) in [5.41, 5.74) is 3.29. The van der Waals surface area contributed by atoms with Gasteiger partial charge in [0, 0.05) is 0 Å². The summed E-state index contributed by atoms with van der Waals surface area (Å²) >= 11 is 2.06. The molecule has 0 fully saturated rings. The zero-order valence-electron chi connectivity index (χ0n) is 18.4. The lowest BCUT2D eigenvalue weighted by Crippen LogP contribution is -2.29. The average Bonchev–Trinajstić information content (AvgIpc) is 2.98. The third-order valence-electron chi connectivity index (χ3n) is 5.59. The average molecular weight is 564 g/mol. The first-order valence-corrected chi connectivity index (χ1v) is 13.5. The summed E-state index contributed by atoms with van der Waals surface area (Å²) in [6.45, 7) is 3.56. The summed E-state index contributed by atoms with van der Waals surface area (Å²) in [6, 6.07) is 3.65. The standard InChI is InChI=1S/C23H33IO6S/c1-4-6-15(10-16-11-18(24)23(27)20(12-16)30-3)8-9-19(26)22-17(7-5-2)14-31(28,29)21(22)13-25/h10-12,19,21,25-27H,4-9,13-14H2,1-3H3/b15-10+/t19-,21+/m1/s1. The Morgan fingerprint density at radius 3 is 2.58 bits per heavy atom. The molecule has 0 radical (unpaired) electrons. The van der Waals surface area contributed by atoms with Crippen LogP contribution in [-0.2, 0) is 9.84 Å². The van der Waals surface area contributed by atoms with Crippen LogP contribution in [-0.4, -0.2) is 54.6 Å². The summed E-state index contributed by atoms with van der Waals surface area (Å²) < 4.78 is 30.8. The Morgan fingerprint density at radius 1 is 1.29 bits per heavy atom. The number of ether oxygens (including phenoxy) is 1. The molecule has 0 unspecified atom stereocenters. The number of rotatable bonds is 11. The van der Waals surface area contributed by atoms with Crippen molar-refractivity contribution in [2.45, 2.75) is 63.7 Å². The number of phenols is 1. The van der Waals surface area contributed by atoms with Crippen LogP contribution in [0.4, 0.5) is 0 Å². The highest BCUT2D eigenvalue weighted by atomic mass is 127. The first kappa shape index (κ1) is 26.2. The van der Waals surface area contributed by atoms with Gasteiger partial charge in [-0.25, -0.2) is 8.42 Å². The van der Waals surface area contributed by atoms with Gasteiger partial charge in [-0.2, -0.15) is 0 Å². The summed E-state index contributed by atoms with van der Waals surface area (Å²) in [6.07, 6.45) is 5.33. The zero-order valence-corrected chi connectivity index (χ0v) is 21.4. The lowest BCUT2D eigenvalue weighted by molar-refractivity contribution is 0.188. The zero-order chi connectivity index (χ0) is 23.2. The number of aromatic hydroxyl groups is 1. The topological polar surface area (TPSA) is 104 Å². The van der Waals surface area contributed by atoms with Crippen molar-refractivity contribution in [1.29, 1.82) is 0 Å². The van der Waals surface area contributed by atoms with Crippen LogP contribution >= 0.6 is 22.6 Å². The van der Waals surface area contributed by atoms with Crippen molar-refractivity contribution >= 4 is 38.5 Å². The Bertz CT molecular complexity index is 936. The van der Waals surface area contributed by atoms with Crippen LogP contribution < -0.4 is 4.74 Å². The van der Waals surface area contributed by atoms with Gasteiger partial charge in [0.2, 0.25) is 0 Å². The second-order valence-corrected chi connectivity index (χ2v) is 11.3. The SMILES string of the molecule is CCCC1=C([C@H](O)CC/C(=C/c2cc(I)c(O)c(OC)c2)CCC)[C@H](CO)S(=O)(=O)C1. The highest BCUT2D eigenvalue weighted by Gasteiger charge is 2.40. The fourth-order valence-corrected chi connectivity index (χ4v) is 6.73. The maximum atomic E-state index is 12.4. The van der Waals surface area contributed by atoms with Crippen molar-refractivity contribution in [3.8, 4) is 11.5 Å². The first-order valence-electron chi connectivity index (χ1n) is 10.7. The van der Waals surface area contributed by atoms with Crippen LogP contribution in [0, 0.1) is 3.57 Å². The van der Waals surface area contributed by atoms with Gasteiger partial charge in [-0.15, -0.1) is 0 Å². The van der Waals surface area contributed by atoms with Crippen LogP contribution in [0.5, 0.6) is 11.5 Å². The van der Waals surface area contributed by atoms with Gasteiger partial charge in [0.15, 0.2) is 21.3 Å². The van der Waals surface area contributed by atoms with Gasteiger partial charge < -0.3 is 20.1 Å². The van der Waals surface area contributed by atoms with E-state index in [1.807, 2.05) is 19.1 Å². The van der Waals surface area contributed by atoms with Crippen molar-refractivity contribution in [3.63, 3.8) is 0 Å². The minimum absolute atomic E-state index is 0.0676. The fraction of sp³-hybridized carbons (Fsp3) is 0.565. The maximum absolute atomic E-state index is 12.4. The number of sulfone groups is 1. The molecule has 0 bridgehead atoms. The van der Waals surface area contributed by atoms with Crippen LogP contribution in [0.1, 0.15) is 57.9 Å². The Labute approximate surface area is 199 Å². The molecule has 0 spiro atoms. The summed E-state index contributed by atoms with van der Waals surface area (Å²) in [5, 5.41) is 29.7. The Morgan fingerprint density at radius 2 is 2.00 bits per heavy atom. The largest absolute Gasteiger partial charge is 0.504 e. The van der Waals surface area contributed by atoms with Crippen LogP contribution in [0.15, 0.2) is 28.9 Å². The second-order valence-electron chi connectivity index (χ2n) is 7.95. The minimum atomic E-state index is -3.45. The van der Waals surface area contributed by atoms with E-state index in [0.29, 0.717) is 34.2 Å². The first-order chi connectivity index (χ1) is 14.7. The number of hydrogen-bond acceptors (Lipinski definition) is 6. The molecule has 0 aliphatic carbocycles. The molecule has 31 heavy (non-hydrogen) atoms. The molecule has 0 aromatic heterocycles. The molecule has 1 aromatic rings. The third-order valence-corrected chi connectivity index (χ3v) is 8.44. The molecule has 0 saturated heterocycles. The Hall–Kier alpha value is -1.10. The van der Waals surface area contributed by atoms with E-state index in [-0.39, 0.29) is 11.5 Å². The number of aliphatic hydroxyl groups is 2. The molecular weight excluding hydrogens is 531 g/mol. The predicted octanol–water partition coefficient (Wildman–Crippen LogP) is 4.22. The lowest BCUT2D eigenvalue weighted by atomic mass is 9.92. The highest BCUT2D eigenvalue weighted by molar-refractivity contribution is 14.1. The van der Waals surface area contributed by atoms with Crippen molar-refractivity contribution < 1.29 is 28.5 Å². The van der Waals surface area contributed by atoms with Gasteiger partial charge in [-0.1, -0.05) is 43.9 Å². The lowest BCUT2D eigenvalue weighted by Gasteiger charge is -2.20. The van der Waals surface area contributed by atoms with E-state index in [1.54, 1.807) is 6.07 Å². The van der Waals surface area contributed by atoms with E-state index in [2.05, 4.69) is 29.5 Å². The minimum Gasteiger partial charge on any atom is -0.504 e. The fourth-order valence-electron chi connectivity index (χ4n) is 4.16. The number of allylic oxidation sites excluding steroid dienone is 1. The maximum Gasteiger partial charge on any atom is 0.171 e. The van der Waals surface area contributed by atoms with Gasteiger partial charge in [-0.05, 0) is 71.5 Å². The van der Waals surface area contributed by atoms with Gasteiger partial charge in [0.25, 0.3) is 0 Å². The molecule has 6 nitrogen and oxygen atoms in total.